The number of aromatic nitrogens is 2. The lowest BCUT2D eigenvalue weighted by molar-refractivity contribution is -0.142. The van der Waals surface area contributed by atoms with Crippen molar-refractivity contribution in [2.45, 2.75) is 31.3 Å². The Morgan fingerprint density at radius 3 is 2.36 bits per heavy atom. The smallest absolute Gasteiger partial charge is 0.421 e. The van der Waals surface area contributed by atoms with Gasteiger partial charge in [-0.15, -0.1) is 0 Å². The van der Waals surface area contributed by atoms with Gasteiger partial charge >= 0.3 is 12.1 Å². The molecule has 0 N–H and O–H groups in total. The van der Waals surface area contributed by atoms with E-state index in [0.717, 1.165) is 4.68 Å². The van der Waals surface area contributed by atoms with E-state index in [9.17, 15) is 22.8 Å². The van der Waals surface area contributed by atoms with Gasteiger partial charge in [-0.1, -0.05) is 30.3 Å². The van der Waals surface area contributed by atoms with Gasteiger partial charge in [0.2, 0.25) is 0 Å². The van der Waals surface area contributed by atoms with Crippen LogP contribution in [0.2, 0.25) is 0 Å². The molecule has 3 aromatic rings. The zero-order valence-electron chi connectivity index (χ0n) is 19.6. The molecule has 1 aromatic heterocycles. The van der Waals surface area contributed by atoms with E-state index in [1.54, 1.807) is 48.5 Å². The van der Waals surface area contributed by atoms with Crippen molar-refractivity contribution in [3.05, 3.63) is 82.1 Å². The first kappa shape index (κ1) is 25.1. The molecule has 8 nitrogen and oxygen atoms in total. The highest BCUT2D eigenvalue weighted by atomic mass is 19.4. The van der Waals surface area contributed by atoms with Crippen molar-refractivity contribution in [2.75, 3.05) is 25.7 Å². The average Bonchev–Trinajstić information content (AvgIpc) is 3.28. The van der Waals surface area contributed by atoms with Crippen LogP contribution in [0, 0.1) is 0 Å². The van der Waals surface area contributed by atoms with E-state index in [0.29, 0.717) is 23.1 Å². The summed E-state index contributed by atoms with van der Waals surface area (Å²) in [5, 5.41) is 4.21. The summed E-state index contributed by atoms with van der Waals surface area (Å²) in [6.07, 6.45) is -5.27. The summed E-state index contributed by atoms with van der Waals surface area (Å²) in [6.45, 7) is -0.139. The molecule has 0 bridgehead atoms. The summed E-state index contributed by atoms with van der Waals surface area (Å²) in [6, 6.07) is 15.1. The first-order valence-electron chi connectivity index (χ1n) is 11.1. The number of hydrogen-bond acceptors (Lipinski definition) is 7. The van der Waals surface area contributed by atoms with Gasteiger partial charge < -0.3 is 19.1 Å². The van der Waals surface area contributed by atoms with Gasteiger partial charge in [0, 0.05) is 12.5 Å². The van der Waals surface area contributed by atoms with Crippen LogP contribution in [0.1, 0.15) is 17.5 Å². The minimum atomic E-state index is -4.92. The van der Waals surface area contributed by atoms with Crippen LogP contribution in [0.25, 0.3) is 0 Å². The molecule has 4 rings (SSSR count). The average molecular weight is 503 g/mol. The number of carbonyl (C=O) groups is 1. The van der Waals surface area contributed by atoms with Gasteiger partial charge in [-0.3, -0.25) is 4.79 Å². The standard InChI is InChI=1S/C25H24F3N3O5/c1-34-17-10-8-16(9-11-17)14-31-23(32)20(25(26,27)28)13-22(29-31)30-15-19(12-21(30)24(33)35-2)36-18-6-4-3-5-7-18/h3-11,13,19,21H,12,14-15H2,1-2H3/t19-,21+/m1/s1. The van der Waals surface area contributed by atoms with Crippen molar-refractivity contribution in [3.63, 3.8) is 0 Å². The van der Waals surface area contributed by atoms with Gasteiger partial charge in [0.05, 0.1) is 27.3 Å². The lowest BCUT2D eigenvalue weighted by atomic mass is 10.2. The van der Waals surface area contributed by atoms with Crippen molar-refractivity contribution in [2.24, 2.45) is 0 Å². The lowest BCUT2D eigenvalue weighted by Gasteiger charge is -2.24. The predicted octanol–water partition coefficient (Wildman–Crippen LogP) is 3.52. The second-order valence-corrected chi connectivity index (χ2v) is 8.20. The summed E-state index contributed by atoms with van der Waals surface area (Å²) < 4.78 is 58.2. The van der Waals surface area contributed by atoms with E-state index in [1.807, 2.05) is 6.07 Å². The maximum absolute atomic E-state index is 13.8. The maximum Gasteiger partial charge on any atom is 0.421 e. The number of methoxy groups -OCH3 is 2. The molecule has 1 fully saturated rings. The number of carbonyl (C=O) groups excluding carboxylic acids is 1. The molecule has 1 saturated heterocycles. The van der Waals surface area contributed by atoms with Crippen molar-refractivity contribution >= 4 is 11.8 Å². The molecule has 0 radical (unpaired) electrons. The topological polar surface area (TPSA) is 82.9 Å². The number of rotatable bonds is 7. The first-order valence-corrected chi connectivity index (χ1v) is 11.1. The number of benzene rings is 2. The molecule has 2 heterocycles. The monoisotopic (exact) mass is 503 g/mol. The first-order chi connectivity index (χ1) is 17.2. The van der Waals surface area contributed by atoms with Crippen LogP contribution in [-0.4, -0.2) is 48.7 Å². The van der Waals surface area contributed by atoms with Crippen LogP contribution < -0.4 is 19.9 Å². The quantitative estimate of drug-likeness (QED) is 0.457. The molecular formula is C25H24F3N3O5. The predicted molar refractivity (Wildman–Crippen MR) is 124 cm³/mol. The van der Waals surface area contributed by atoms with Gasteiger partial charge in [-0.2, -0.15) is 18.3 Å². The second kappa shape index (κ2) is 10.3. The summed E-state index contributed by atoms with van der Waals surface area (Å²) >= 11 is 0. The van der Waals surface area contributed by atoms with E-state index in [1.165, 1.54) is 19.1 Å². The Morgan fingerprint density at radius 1 is 1.06 bits per heavy atom. The van der Waals surface area contributed by atoms with Crippen LogP contribution in [0.3, 0.4) is 0 Å². The van der Waals surface area contributed by atoms with E-state index in [2.05, 4.69) is 5.10 Å². The summed E-state index contributed by atoms with van der Waals surface area (Å²) in [4.78, 5) is 26.6. The molecule has 0 aliphatic carbocycles. The van der Waals surface area contributed by atoms with Gasteiger partial charge in [-0.25, -0.2) is 9.48 Å². The molecular weight excluding hydrogens is 479 g/mol. The van der Waals surface area contributed by atoms with Crippen LogP contribution in [0.15, 0.2) is 65.5 Å². The number of nitrogens with zero attached hydrogens (tertiary/aromatic N) is 3. The van der Waals surface area contributed by atoms with Crippen molar-refractivity contribution in [3.8, 4) is 11.5 Å². The third-order valence-corrected chi connectivity index (χ3v) is 5.83. The fourth-order valence-electron chi connectivity index (χ4n) is 4.07. The highest BCUT2D eigenvalue weighted by Crippen LogP contribution is 2.32. The van der Waals surface area contributed by atoms with Crippen molar-refractivity contribution in [1.82, 2.24) is 9.78 Å². The fraction of sp³-hybridized carbons (Fsp3) is 0.320. The number of anilines is 1. The Labute approximate surface area is 204 Å². The molecule has 11 heteroatoms. The normalized spacial score (nSPS) is 17.6. The third kappa shape index (κ3) is 5.45. The van der Waals surface area contributed by atoms with E-state index in [4.69, 9.17) is 14.2 Å². The van der Waals surface area contributed by atoms with Crippen LogP contribution >= 0.6 is 0 Å². The number of alkyl halides is 3. The molecule has 2 atom stereocenters. The van der Waals surface area contributed by atoms with Gasteiger partial charge in [0.15, 0.2) is 5.82 Å². The van der Waals surface area contributed by atoms with Gasteiger partial charge in [0.1, 0.15) is 29.2 Å². The summed E-state index contributed by atoms with van der Waals surface area (Å²) in [5.74, 6) is 0.301. The number of esters is 1. The lowest BCUT2D eigenvalue weighted by Crippen LogP contribution is -2.40. The third-order valence-electron chi connectivity index (χ3n) is 5.83. The highest BCUT2D eigenvalue weighted by molar-refractivity contribution is 5.80. The Balaban J connectivity index is 1.72. The highest BCUT2D eigenvalue weighted by Gasteiger charge is 2.42. The molecule has 2 aromatic carbocycles. The number of para-hydroxylation sites is 1. The van der Waals surface area contributed by atoms with Gasteiger partial charge in [0.25, 0.3) is 5.56 Å². The Kier molecular flexibility index (Phi) is 7.18. The molecule has 0 saturated carbocycles. The molecule has 36 heavy (non-hydrogen) atoms. The molecule has 1 aliphatic rings. The molecule has 190 valence electrons. The Hall–Kier alpha value is -4.02. The number of halogens is 3. The van der Waals surface area contributed by atoms with Crippen molar-refractivity contribution < 1.29 is 32.2 Å². The Bertz CT molecular complexity index is 1260. The molecule has 0 unspecified atom stereocenters. The summed E-state index contributed by atoms with van der Waals surface area (Å²) in [7, 11) is 2.69. The van der Waals surface area contributed by atoms with Crippen LogP contribution in [0.4, 0.5) is 19.0 Å². The van der Waals surface area contributed by atoms with E-state index in [-0.39, 0.29) is 25.3 Å². The van der Waals surface area contributed by atoms with Gasteiger partial charge in [-0.05, 0) is 29.8 Å². The van der Waals surface area contributed by atoms with E-state index >= 15 is 0 Å². The number of ether oxygens (including phenoxy) is 3. The molecule has 0 amide bonds. The molecule has 1 aliphatic heterocycles. The minimum absolute atomic E-state index is 0.0691. The zero-order chi connectivity index (χ0) is 25.9. The van der Waals surface area contributed by atoms with Crippen molar-refractivity contribution in [1.29, 1.82) is 0 Å². The minimum Gasteiger partial charge on any atom is -0.497 e. The van der Waals surface area contributed by atoms with Crippen LogP contribution in [0.5, 0.6) is 11.5 Å². The SMILES string of the molecule is COC(=O)[C@@H]1C[C@@H](Oc2ccccc2)CN1c1cc(C(F)(F)F)c(=O)n(Cc2ccc(OC)cc2)n1. The Morgan fingerprint density at radius 2 is 1.75 bits per heavy atom. The molecule has 0 spiro atoms. The fourth-order valence-corrected chi connectivity index (χ4v) is 4.07. The number of hydrogen-bond donors (Lipinski definition) is 0. The maximum atomic E-state index is 13.8. The van der Waals surface area contributed by atoms with Crippen LogP contribution in [-0.2, 0) is 22.3 Å². The largest absolute Gasteiger partial charge is 0.497 e. The second-order valence-electron chi connectivity index (χ2n) is 8.20. The zero-order valence-corrected chi connectivity index (χ0v) is 19.6. The summed E-state index contributed by atoms with van der Waals surface area (Å²) in [5.41, 5.74) is -2.11. The van der Waals surface area contributed by atoms with E-state index < -0.39 is 35.4 Å².